The van der Waals surface area contributed by atoms with Crippen LogP contribution in [0.5, 0.6) is 0 Å². The topological polar surface area (TPSA) is 34.1 Å². The molecule has 0 spiro atoms. The average molecular weight is 276 g/mol. The van der Waals surface area contributed by atoms with Crippen LogP contribution in [-0.4, -0.2) is 25.6 Å². The van der Waals surface area contributed by atoms with Gasteiger partial charge in [-0.3, -0.25) is 0 Å². The Balaban J connectivity index is 2.71. The molecule has 2 nitrogen and oxygen atoms in total. The first-order valence-electron chi connectivity index (χ1n) is 4.17. The molecule has 0 N–H and O–H groups in total. The van der Waals surface area contributed by atoms with Crippen molar-refractivity contribution in [2.45, 2.75) is 19.0 Å². The Morgan fingerprint density at radius 2 is 2.15 bits per heavy atom. The monoisotopic (exact) mass is 276 g/mol. The second-order valence-corrected chi connectivity index (χ2v) is 15.3. The van der Waals surface area contributed by atoms with E-state index in [2.05, 4.69) is 24.8 Å². The molecular weight excluding hydrogens is 260 g/mol. The molecule has 0 amide bonds. The molecule has 0 radical (unpaired) electrons. The molecule has 1 heterocycles. The Hall–Kier alpha value is 1.67. The van der Waals surface area contributed by atoms with Gasteiger partial charge in [0.2, 0.25) is 0 Å². The number of hydrogen-bond acceptors (Lipinski definition) is 2. The molecule has 0 saturated carbocycles. The normalized spacial score (nSPS) is 36.5. The lowest BCUT2D eigenvalue weighted by molar-refractivity contribution is 0.509. The molecule has 1 saturated heterocycles. The second-order valence-electron chi connectivity index (χ2n) is 3.48. The lowest BCUT2D eigenvalue weighted by Gasteiger charge is -2.32. The van der Waals surface area contributed by atoms with Gasteiger partial charge in [-0.1, -0.05) is 22.2 Å². The molecule has 0 aromatic heterocycles. The van der Waals surface area contributed by atoms with Crippen LogP contribution in [0.1, 0.15) is 13.3 Å². The van der Waals surface area contributed by atoms with Crippen LogP contribution in [0.2, 0.25) is 0 Å². The molecule has 78 valence electrons. The van der Waals surface area contributed by atoms with Crippen molar-refractivity contribution < 1.29 is 8.42 Å². The summed E-state index contributed by atoms with van der Waals surface area (Å²) < 4.78 is 22.8. The third-order valence-corrected chi connectivity index (χ3v) is 15.9. The van der Waals surface area contributed by atoms with Crippen LogP contribution in [0, 0.1) is 5.92 Å². The molecule has 0 aliphatic carbocycles. The third-order valence-electron chi connectivity index (χ3n) is 2.47. The van der Waals surface area contributed by atoms with Crippen molar-refractivity contribution in [2.24, 2.45) is 5.92 Å². The summed E-state index contributed by atoms with van der Waals surface area (Å²) in [6, 6.07) is 0. The van der Waals surface area contributed by atoms with Crippen LogP contribution in [0.15, 0.2) is 0 Å². The fourth-order valence-electron chi connectivity index (χ4n) is 1.52. The van der Waals surface area contributed by atoms with Gasteiger partial charge in [0.05, 0.1) is 11.5 Å². The predicted molar refractivity (Wildman–Crippen MR) is 70.9 cm³/mol. The molecule has 7 heteroatoms. The van der Waals surface area contributed by atoms with Crippen LogP contribution in [-0.2, 0) is 9.84 Å². The average Bonchev–Trinajstić information content (AvgIpc) is 2.08. The van der Waals surface area contributed by atoms with Crippen molar-refractivity contribution in [3.8, 4) is 0 Å². The summed E-state index contributed by atoms with van der Waals surface area (Å²) in [5, 5.41) is 0. The summed E-state index contributed by atoms with van der Waals surface area (Å²) in [6.07, 6.45) is 0.857. The van der Waals surface area contributed by atoms with E-state index in [-0.39, 0.29) is 7.30 Å². The zero-order chi connectivity index (χ0) is 10.1. The quantitative estimate of drug-likeness (QED) is 0.726. The van der Waals surface area contributed by atoms with E-state index in [4.69, 9.17) is 0 Å². The Morgan fingerprint density at radius 1 is 1.54 bits per heavy atom. The smallest absolute Gasteiger partial charge is 0.150 e. The molecule has 0 bridgehead atoms. The van der Waals surface area contributed by atoms with E-state index >= 15 is 0 Å². The summed E-state index contributed by atoms with van der Waals surface area (Å²) in [6.45, 7) is 2.18. The number of rotatable bonds is 2. The Morgan fingerprint density at radius 3 is 2.69 bits per heavy atom. The van der Waals surface area contributed by atoms with E-state index < -0.39 is 9.84 Å². The number of hydrogen-bond donors (Lipinski definition) is 0. The summed E-state index contributed by atoms with van der Waals surface area (Å²) in [5.41, 5.74) is 0.412. The first kappa shape index (κ1) is 12.7. The SMILES string of the molecule is C[C@H]1CCS(=O)(=O)C[C@@H]1P(P)PP. The van der Waals surface area contributed by atoms with Gasteiger partial charge < -0.3 is 0 Å². The van der Waals surface area contributed by atoms with Crippen molar-refractivity contribution >= 4 is 43.0 Å². The lowest BCUT2D eigenvalue weighted by Crippen LogP contribution is -2.33. The molecular formula is C6H16O2P4S. The van der Waals surface area contributed by atoms with Crippen LogP contribution in [0.25, 0.3) is 0 Å². The van der Waals surface area contributed by atoms with Gasteiger partial charge >= 0.3 is 0 Å². The molecule has 1 fully saturated rings. The minimum atomic E-state index is -2.72. The van der Waals surface area contributed by atoms with Crippen LogP contribution >= 0.6 is 33.1 Å². The van der Waals surface area contributed by atoms with Crippen molar-refractivity contribution in [1.29, 1.82) is 0 Å². The second kappa shape index (κ2) is 5.14. The summed E-state index contributed by atoms with van der Waals surface area (Å²) in [5.74, 6) is 1.41. The van der Waals surface area contributed by atoms with Gasteiger partial charge in [-0.05, 0) is 12.3 Å². The predicted octanol–water partition coefficient (Wildman–Crippen LogP) is 2.47. The molecule has 1 rings (SSSR count). The van der Waals surface area contributed by atoms with Gasteiger partial charge in [-0.2, -0.15) is 0 Å². The highest BCUT2D eigenvalue weighted by Crippen LogP contribution is 2.70. The van der Waals surface area contributed by atoms with Gasteiger partial charge in [-0.15, -0.1) is 17.9 Å². The minimum absolute atomic E-state index is 0.166. The molecule has 1 aliphatic heterocycles. The van der Waals surface area contributed by atoms with E-state index in [9.17, 15) is 8.42 Å². The molecule has 4 unspecified atom stereocenters. The Labute approximate surface area is 87.9 Å². The van der Waals surface area contributed by atoms with E-state index in [1.54, 1.807) is 0 Å². The number of sulfone groups is 1. The maximum absolute atomic E-state index is 11.4. The van der Waals surface area contributed by atoms with Crippen molar-refractivity contribution in [3.63, 3.8) is 0 Å². The van der Waals surface area contributed by atoms with E-state index in [1.165, 1.54) is 0 Å². The van der Waals surface area contributed by atoms with Gasteiger partial charge in [0.25, 0.3) is 0 Å². The van der Waals surface area contributed by atoms with Gasteiger partial charge in [0, 0.05) is 5.66 Å². The highest BCUT2D eigenvalue weighted by Gasteiger charge is 2.33. The minimum Gasteiger partial charge on any atom is -0.229 e. The first-order valence-corrected chi connectivity index (χ1v) is 12.7. The van der Waals surface area contributed by atoms with E-state index in [0.717, 1.165) is 14.4 Å². The summed E-state index contributed by atoms with van der Waals surface area (Å²) >= 11 is 0. The van der Waals surface area contributed by atoms with E-state index in [0.29, 0.717) is 23.1 Å². The largest absolute Gasteiger partial charge is 0.229 e. The fraction of sp³-hybridized carbons (Fsp3) is 1.00. The first-order chi connectivity index (χ1) is 5.96. The van der Waals surface area contributed by atoms with Gasteiger partial charge in [-0.25, -0.2) is 8.42 Å². The zero-order valence-electron chi connectivity index (χ0n) is 7.60. The zero-order valence-corrected chi connectivity index (χ0v) is 12.6. The van der Waals surface area contributed by atoms with Gasteiger partial charge in [0.1, 0.15) is 0 Å². The Kier molecular flexibility index (Phi) is 5.03. The van der Waals surface area contributed by atoms with Gasteiger partial charge in [0.15, 0.2) is 9.84 Å². The molecule has 0 aromatic rings. The highest BCUT2D eigenvalue weighted by atomic mass is 32.6. The molecule has 6 atom stereocenters. The van der Waals surface area contributed by atoms with Crippen molar-refractivity contribution in [1.82, 2.24) is 0 Å². The standard InChI is InChI=1S/C6H16O2P4S/c1-5-2-3-13(7,8)4-6(5)12(10)11-9/h5-6,11H,2-4,9-10H2,1H3/t5-,6-,12?/m0/s1. The van der Waals surface area contributed by atoms with E-state index in [1.807, 2.05) is 0 Å². The fourth-order valence-corrected chi connectivity index (χ4v) is 10.9. The van der Waals surface area contributed by atoms with Crippen molar-refractivity contribution in [2.75, 3.05) is 11.5 Å². The van der Waals surface area contributed by atoms with Crippen LogP contribution in [0.4, 0.5) is 0 Å². The molecule has 13 heavy (non-hydrogen) atoms. The summed E-state index contributed by atoms with van der Waals surface area (Å²) in [4.78, 5) is 0. The molecule has 0 aromatic carbocycles. The molecule has 1 aliphatic rings. The Bertz CT molecular complexity index is 262. The summed E-state index contributed by atoms with van der Waals surface area (Å²) in [7, 11) is 3.51. The van der Waals surface area contributed by atoms with Crippen LogP contribution < -0.4 is 0 Å². The maximum atomic E-state index is 11.4. The maximum Gasteiger partial charge on any atom is 0.150 e. The van der Waals surface area contributed by atoms with Crippen LogP contribution in [0.3, 0.4) is 0 Å². The highest BCUT2D eigenvalue weighted by molar-refractivity contribution is 8.61. The third kappa shape index (κ3) is 3.62. The lowest BCUT2D eigenvalue weighted by atomic mass is 10.1. The van der Waals surface area contributed by atoms with Crippen molar-refractivity contribution in [3.05, 3.63) is 0 Å².